The number of hydrogen-bond acceptors (Lipinski definition) is 5. The van der Waals surface area contributed by atoms with E-state index < -0.39 is 5.79 Å². The monoisotopic (exact) mass is 219 g/mol. The molecule has 2 aliphatic rings. The minimum Gasteiger partial charge on any atom is -0.269 e. The number of hydrogen-bond donors (Lipinski definition) is 1. The van der Waals surface area contributed by atoms with Crippen LogP contribution in [-0.2, 0) is 0 Å². The van der Waals surface area contributed by atoms with Crippen LogP contribution in [0, 0.1) is 0 Å². The van der Waals surface area contributed by atoms with Crippen molar-refractivity contribution >= 4 is 23.1 Å². The fourth-order valence-corrected chi connectivity index (χ4v) is 2.01. The molecule has 0 saturated carbocycles. The van der Waals surface area contributed by atoms with Gasteiger partial charge in [0.1, 0.15) is 17.4 Å². The summed E-state index contributed by atoms with van der Waals surface area (Å²) in [5.41, 5.74) is 1.75. The molecule has 0 aliphatic carbocycles. The van der Waals surface area contributed by atoms with Gasteiger partial charge in [-0.1, -0.05) is 13.8 Å². The normalized spacial score (nSPS) is 28.0. The van der Waals surface area contributed by atoms with Gasteiger partial charge in [0.05, 0.1) is 5.71 Å². The van der Waals surface area contributed by atoms with Gasteiger partial charge in [0, 0.05) is 6.42 Å². The van der Waals surface area contributed by atoms with E-state index in [1.54, 1.807) is 0 Å². The maximum absolute atomic E-state index is 4.58. The molecule has 2 rings (SSSR count). The molecular formula is C11H17N5. The summed E-state index contributed by atoms with van der Waals surface area (Å²) in [7, 11) is 0. The molecule has 0 aromatic rings. The van der Waals surface area contributed by atoms with E-state index in [-0.39, 0.29) is 0 Å². The fraction of sp³-hybridized carbons (Fsp3) is 0.636. The van der Waals surface area contributed by atoms with Gasteiger partial charge in [0.25, 0.3) is 5.79 Å². The van der Waals surface area contributed by atoms with Gasteiger partial charge in [0.15, 0.2) is 0 Å². The van der Waals surface area contributed by atoms with Crippen molar-refractivity contribution in [2.75, 3.05) is 6.54 Å². The first-order chi connectivity index (χ1) is 7.61. The largest absolute Gasteiger partial charge is 0.269 e. The van der Waals surface area contributed by atoms with Gasteiger partial charge in [-0.15, -0.1) is 0 Å². The van der Waals surface area contributed by atoms with Crippen LogP contribution in [0.1, 0.15) is 34.1 Å². The van der Waals surface area contributed by atoms with Crippen molar-refractivity contribution in [3.05, 3.63) is 0 Å². The Morgan fingerprint density at radius 3 is 2.50 bits per heavy atom. The van der Waals surface area contributed by atoms with Gasteiger partial charge in [-0.3, -0.25) is 5.32 Å². The van der Waals surface area contributed by atoms with Gasteiger partial charge in [-0.05, 0) is 20.4 Å². The Bertz CT molecular complexity index is 430. The highest BCUT2D eigenvalue weighted by atomic mass is 15.4. The zero-order valence-electron chi connectivity index (χ0n) is 10.2. The van der Waals surface area contributed by atoms with E-state index in [1.807, 2.05) is 27.7 Å². The molecule has 0 aromatic carbocycles. The van der Waals surface area contributed by atoms with Crippen molar-refractivity contribution in [2.24, 2.45) is 20.0 Å². The Balaban J connectivity index is 2.49. The summed E-state index contributed by atoms with van der Waals surface area (Å²) in [5.74, 6) is 0.887. The molecule has 0 radical (unpaired) electrons. The van der Waals surface area contributed by atoms with E-state index in [4.69, 9.17) is 0 Å². The quantitative estimate of drug-likeness (QED) is 0.766. The summed E-state index contributed by atoms with van der Waals surface area (Å²) in [6, 6.07) is 0. The van der Waals surface area contributed by atoms with Crippen LogP contribution in [0.4, 0.5) is 0 Å². The van der Waals surface area contributed by atoms with Crippen molar-refractivity contribution in [3.8, 4) is 0 Å². The smallest absolute Gasteiger partial charge is 0.254 e. The SMILES string of the molecule is CCNC12N=C(C)N=C(C)C1=NC(CC)=N2. The first-order valence-corrected chi connectivity index (χ1v) is 5.66. The Hall–Kier alpha value is -1.36. The molecule has 2 aliphatic heterocycles. The first kappa shape index (κ1) is 11.1. The second-order valence-electron chi connectivity index (χ2n) is 3.90. The van der Waals surface area contributed by atoms with Gasteiger partial charge >= 0.3 is 0 Å². The van der Waals surface area contributed by atoms with Crippen LogP contribution in [0.25, 0.3) is 0 Å². The van der Waals surface area contributed by atoms with E-state index in [9.17, 15) is 0 Å². The third kappa shape index (κ3) is 1.61. The molecule has 0 fully saturated rings. The summed E-state index contributed by atoms with van der Waals surface area (Å²) in [6.45, 7) is 8.72. The summed E-state index contributed by atoms with van der Waals surface area (Å²) in [6.07, 6.45) is 0.818. The lowest BCUT2D eigenvalue weighted by molar-refractivity contribution is 0.488. The lowest BCUT2D eigenvalue weighted by atomic mass is 10.1. The molecule has 0 amide bonds. The van der Waals surface area contributed by atoms with Gasteiger partial charge in [-0.2, -0.15) is 0 Å². The zero-order valence-corrected chi connectivity index (χ0v) is 10.2. The number of nitrogens with zero attached hydrogens (tertiary/aromatic N) is 4. The minimum atomic E-state index is -0.698. The Morgan fingerprint density at radius 1 is 1.12 bits per heavy atom. The molecule has 1 unspecified atom stereocenters. The van der Waals surface area contributed by atoms with Crippen molar-refractivity contribution in [2.45, 2.75) is 39.9 Å². The average molecular weight is 219 g/mol. The third-order valence-corrected chi connectivity index (χ3v) is 2.60. The van der Waals surface area contributed by atoms with Crippen molar-refractivity contribution in [1.82, 2.24) is 5.32 Å². The van der Waals surface area contributed by atoms with E-state index in [2.05, 4.69) is 25.3 Å². The summed E-state index contributed by atoms with van der Waals surface area (Å²) in [4.78, 5) is 17.9. The van der Waals surface area contributed by atoms with Gasteiger partial charge in [0.2, 0.25) is 0 Å². The standard InChI is InChI=1S/C11H17N5/c1-5-9-14-10-7(3)13-8(4)15-11(10,16-9)12-6-2/h12H,5-6H2,1-4H3. The Labute approximate surface area is 95.5 Å². The third-order valence-electron chi connectivity index (χ3n) is 2.60. The van der Waals surface area contributed by atoms with Crippen molar-refractivity contribution in [1.29, 1.82) is 0 Å². The number of rotatable bonds is 3. The topological polar surface area (TPSA) is 61.5 Å². The molecule has 0 spiro atoms. The number of aliphatic imine (C=N–C) groups is 4. The average Bonchev–Trinajstić information content (AvgIpc) is 2.57. The summed E-state index contributed by atoms with van der Waals surface area (Å²) < 4.78 is 0. The molecule has 86 valence electrons. The van der Waals surface area contributed by atoms with Crippen LogP contribution < -0.4 is 5.32 Å². The maximum Gasteiger partial charge on any atom is 0.254 e. The van der Waals surface area contributed by atoms with Crippen LogP contribution >= 0.6 is 0 Å². The van der Waals surface area contributed by atoms with E-state index >= 15 is 0 Å². The lowest BCUT2D eigenvalue weighted by Gasteiger charge is -2.27. The molecule has 1 N–H and O–H groups in total. The second kappa shape index (κ2) is 3.90. The van der Waals surface area contributed by atoms with E-state index in [1.165, 1.54) is 0 Å². The molecule has 2 heterocycles. The maximum atomic E-state index is 4.58. The molecule has 0 saturated heterocycles. The van der Waals surface area contributed by atoms with Crippen molar-refractivity contribution < 1.29 is 0 Å². The summed E-state index contributed by atoms with van der Waals surface area (Å²) >= 11 is 0. The highest BCUT2D eigenvalue weighted by Crippen LogP contribution is 2.24. The molecule has 1 atom stereocenters. The van der Waals surface area contributed by atoms with Crippen LogP contribution in [0.2, 0.25) is 0 Å². The number of fused-ring (bicyclic) bond motifs is 1. The van der Waals surface area contributed by atoms with Gasteiger partial charge in [-0.25, -0.2) is 20.0 Å². The highest BCUT2D eigenvalue weighted by molar-refractivity contribution is 6.49. The van der Waals surface area contributed by atoms with Crippen LogP contribution in [0.3, 0.4) is 0 Å². The lowest BCUT2D eigenvalue weighted by Crippen LogP contribution is -2.52. The van der Waals surface area contributed by atoms with Crippen molar-refractivity contribution in [3.63, 3.8) is 0 Å². The molecule has 0 bridgehead atoms. The van der Waals surface area contributed by atoms with Crippen LogP contribution in [0.5, 0.6) is 0 Å². The fourth-order valence-electron chi connectivity index (χ4n) is 2.01. The highest BCUT2D eigenvalue weighted by Gasteiger charge is 2.42. The first-order valence-electron chi connectivity index (χ1n) is 5.66. The number of amidine groups is 2. The molecule has 5 heteroatoms. The zero-order chi connectivity index (χ0) is 11.8. The second-order valence-corrected chi connectivity index (χ2v) is 3.90. The van der Waals surface area contributed by atoms with E-state index in [0.717, 1.165) is 36.1 Å². The van der Waals surface area contributed by atoms with Crippen LogP contribution in [0.15, 0.2) is 20.0 Å². The Kier molecular flexibility index (Phi) is 2.71. The van der Waals surface area contributed by atoms with E-state index in [0.29, 0.717) is 0 Å². The minimum absolute atomic E-state index is 0.698. The number of nitrogens with one attached hydrogen (secondary N) is 1. The predicted molar refractivity (Wildman–Crippen MR) is 67.8 cm³/mol. The van der Waals surface area contributed by atoms with Gasteiger partial charge < -0.3 is 0 Å². The Morgan fingerprint density at radius 2 is 1.88 bits per heavy atom. The molecule has 16 heavy (non-hydrogen) atoms. The molecular weight excluding hydrogens is 202 g/mol. The molecule has 0 aromatic heterocycles. The summed E-state index contributed by atoms with van der Waals surface area (Å²) in [5, 5.41) is 3.30. The predicted octanol–water partition coefficient (Wildman–Crippen LogP) is 1.41. The molecule has 5 nitrogen and oxygen atoms in total. The van der Waals surface area contributed by atoms with Crippen LogP contribution in [-0.4, -0.2) is 35.4 Å².